The second-order valence-corrected chi connectivity index (χ2v) is 5.62. The summed E-state index contributed by atoms with van der Waals surface area (Å²) in [5.41, 5.74) is 2.57. The molecular weight excluding hydrogens is 331 g/mol. The molecule has 24 heavy (non-hydrogen) atoms. The van der Waals surface area contributed by atoms with Crippen molar-refractivity contribution in [2.45, 2.75) is 6.54 Å². The predicted molar refractivity (Wildman–Crippen MR) is 90.1 cm³/mol. The van der Waals surface area contributed by atoms with Gasteiger partial charge < -0.3 is 4.74 Å². The lowest BCUT2D eigenvalue weighted by atomic mass is 10.1. The minimum Gasteiger partial charge on any atom is -0.497 e. The lowest BCUT2D eigenvalue weighted by molar-refractivity contribution is 0.112. The van der Waals surface area contributed by atoms with E-state index in [-0.39, 0.29) is 0 Å². The Morgan fingerprint density at radius 1 is 1.25 bits per heavy atom. The first-order valence-electron chi connectivity index (χ1n) is 7.21. The van der Waals surface area contributed by atoms with Crippen LogP contribution in [0.3, 0.4) is 0 Å². The Kier molecular flexibility index (Phi) is 4.62. The zero-order chi connectivity index (χ0) is 17.1. The minimum atomic E-state index is -0.392. The van der Waals surface area contributed by atoms with Crippen molar-refractivity contribution < 1.29 is 13.9 Å². The first-order valence-corrected chi connectivity index (χ1v) is 7.59. The van der Waals surface area contributed by atoms with E-state index < -0.39 is 5.82 Å². The van der Waals surface area contributed by atoms with E-state index in [1.807, 2.05) is 12.1 Å². The van der Waals surface area contributed by atoms with E-state index in [2.05, 4.69) is 5.10 Å². The summed E-state index contributed by atoms with van der Waals surface area (Å²) in [6, 6.07) is 11.5. The summed E-state index contributed by atoms with van der Waals surface area (Å²) < 4.78 is 19.9. The van der Waals surface area contributed by atoms with Gasteiger partial charge in [0.25, 0.3) is 0 Å². The highest BCUT2D eigenvalue weighted by atomic mass is 35.5. The van der Waals surface area contributed by atoms with E-state index in [9.17, 15) is 9.18 Å². The Morgan fingerprint density at radius 3 is 2.62 bits per heavy atom. The van der Waals surface area contributed by atoms with Crippen molar-refractivity contribution in [3.05, 3.63) is 70.6 Å². The van der Waals surface area contributed by atoms with E-state index in [0.717, 1.165) is 23.2 Å². The van der Waals surface area contributed by atoms with Crippen molar-refractivity contribution in [1.29, 1.82) is 0 Å². The van der Waals surface area contributed by atoms with Crippen LogP contribution in [0.15, 0.2) is 48.7 Å². The van der Waals surface area contributed by atoms with Crippen molar-refractivity contribution in [3.8, 4) is 17.0 Å². The first kappa shape index (κ1) is 16.2. The second kappa shape index (κ2) is 6.84. The lowest BCUT2D eigenvalue weighted by Gasteiger charge is -2.05. The van der Waals surface area contributed by atoms with Gasteiger partial charge in [-0.25, -0.2) is 4.39 Å². The SMILES string of the molecule is COc1ccc(-c2nn(Cc3ccc(F)cc3Cl)cc2C=O)cc1. The molecule has 0 unspecified atom stereocenters. The van der Waals surface area contributed by atoms with E-state index in [0.29, 0.717) is 22.8 Å². The summed E-state index contributed by atoms with van der Waals surface area (Å²) in [6.45, 7) is 0.343. The Balaban J connectivity index is 1.93. The number of carbonyl (C=O) groups is 1. The molecule has 3 aromatic rings. The van der Waals surface area contributed by atoms with Gasteiger partial charge in [0.15, 0.2) is 6.29 Å². The lowest BCUT2D eigenvalue weighted by Crippen LogP contribution is -2.01. The maximum Gasteiger partial charge on any atom is 0.153 e. The van der Waals surface area contributed by atoms with E-state index in [1.165, 1.54) is 12.1 Å². The smallest absolute Gasteiger partial charge is 0.153 e. The van der Waals surface area contributed by atoms with Gasteiger partial charge in [-0.05, 0) is 42.0 Å². The minimum absolute atomic E-state index is 0.323. The third-order valence-corrected chi connectivity index (χ3v) is 3.98. The Morgan fingerprint density at radius 2 is 2.00 bits per heavy atom. The molecule has 0 bridgehead atoms. The summed E-state index contributed by atoms with van der Waals surface area (Å²) in [4.78, 5) is 11.3. The van der Waals surface area contributed by atoms with Crippen LogP contribution in [-0.4, -0.2) is 23.2 Å². The van der Waals surface area contributed by atoms with E-state index in [4.69, 9.17) is 16.3 Å². The number of hydrogen-bond acceptors (Lipinski definition) is 3. The largest absolute Gasteiger partial charge is 0.497 e. The van der Waals surface area contributed by atoms with Crippen molar-refractivity contribution in [2.24, 2.45) is 0 Å². The summed E-state index contributed by atoms with van der Waals surface area (Å²) >= 11 is 6.05. The summed E-state index contributed by atoms with van der Waals surface area (Å²) in [7, 11) is 1.59. The van der Waals surface area contributed by atoms with Gasteiger partial charge in [0.05, 0.1) is 19.2 Å². The molecule has 4 nitrogen and oxygen atoms in total. The van der Waals surface area contributed by atoms with Crippen LogP contribution in [0.25, 0.3) is 11.3 Å². The average Bonchev–Trinajstić information content (AvgIpc) is 3.00. The maximum absolute atomic E-state index is 13.1. The van der Waals surface area contributed by atoms with Crippen LogP contribution in [0.2, 0.25) is 5.02 Å². The number of benzene rings is 2. The van der Waals surface area contributed by atoms with Gasteiger partial charge in [-0.1, -0.05) is 17.7 Å². The second-order valence-electron chi connectivity index (χ2n) is 5.21. The molecular formula is C18H14ClFN2O2. The number of carbonyl (C=O) groups excluding carboxylic acids is 1. The number of methoxy groups -OCH3 is 1. The van der Waals surface area contributed by atoms with Gasteiger partial charge in [0, 0.05) is 16.8 Å². The van der Waals surface area contributed by atoms with Crippen LogP contribution >= 0.6 is 11.6 Å². The number of hydrogen-bond donors (Lipinski definition) is 0. The van der Waals surface area contributed by atoms with Crippen LogP contribution < -0.4 is 4.74 Å². The number of rotatable bonds is 5. The third kappa shape index (κ3) is 3.31. The Bertz CT molecular complexity index is 875. The van der Waals surface area contributed by atoms with Gasteiger partial charge in [0.2, 0.25) is 0 Å². The molecule has 2 aromatic carbocycles. The molecule has 0 aliphatic heterocycles. The summed E-state index contributed by atoms with van der Waals surface area (Å²) in [5.74, 6) is 0.334. The van der Waals surface area contributed by atoms with Gasteiger partial charge in [0.1, 0.15) is 17.3 Å². The fraction of sp³-hybridized carbons (Fsp3) is 0.111. The molecule has 0 aliphatic rings. The topological polar surface area (TPSA) is 44.1 Å². The van der Waals surface area contributed by atoms with Crippen molar-refractivity contribution >= 4 is 17.9 Å². The van der Waals surface area contributed by atoms with Crippen LogP contribution in [0.5, 0.6) is 5.75 Å². The van der Waals surface area contributed by atoms with E-state index >= 15 is 0 Å². The van der Waals surface area contributed by atoms with Crippen LogP contribution in [0.1, 0.15) is 15.9 Å². The highest BCUT2D eigenvalue weighted by Gasteiger charge is 2.12. The van der Waals surface area contributed by atoms with Crippen molar-refractivity contribution in [2.75, 3.05) is 7.11 Å². The van der Waals surface area contributed by atoms with Crippen LogP contribution in [-0.2, 0) is 6.54 Å². The van der Waals surface area contributed by atoms with Crippen LogP contribution in [0.4, 0.5) is 4.39 Å². The Hall–Kier alpha value is -2.66. The Labute approximate surface area is 143 Å². The van der Waals surface area contributed by atoms with Crippen LogP contribution in [0, 0.1) is 5.82 Å². The number of aromatic nitrogens is 2. The standard InChI is InChI=1S/C18H14ClFN2O2/c1-24-16-6-3-12(4-7-16)18-14(11-23)10-22(21-18)9-13-2-5-15(20)8-17(13)19/h2-8,10-11H,9H2,1H3. The summed E-state index contributed by atoms with van der Waals surface area (Å²) in [6.07, 6.45) is 2.40. The monoisotopic (exact) mass is 344 g/mol. The van der Waals surface area contributed by atoms with Gasteiger partial charge in [-0.3, -0.25) is 9.48 Å². The van der Waals surface area contributed by atoms with Crippen molar-refractivity contribution in [1.82, 2.24) is 9.78 Å². The molecule has 122 valence electrons. The molecule has 3 rings (SSSR count). The average molecular weight is 345 g/mol. The highest BCUT2D eigenvalue weighted by molar-refractivity contribution is 6.31. The van der Waals surface area contributed by atoms with Gasteiger partial charge in [-0.2, -0.15) is 5.10 Å². The van der Waals surface area contributed by atoms with Gasteiger partial charge >= 0.3 is 0 Å². The highest BCUT2D eigenvalue weighted by Crippen LogP contribution is 2.25. The predicted octanol–water partition coefficient (Wildman–Crippen LogP) is 4.21. The first-order chi connectivity index (χ1) is 11.6. The zero-order valence-corrected chi connectivity index (χ0v) is 13.6. The fourth-order valence-electron chi connectivity index (χ4n) is 2.40. The normalized spacial score (nSPS) is 10.6. The third-order valence-electron chi connectivity index (χ3n) is 3.63. The molecule has 0 atom stereocenters. The molecule has 0 fully saturated rings. The molecule has 0 amide bonds. The number of aldehydes is 1. The molecule has 0 radical (unpaired) electrons. The summed E-state index contributed by atoms with van der Waals surface area (Å²) in [5, 5.41) is 4.78. The molecule has 1 aromatic heterocycles. The molecule has 0 aliphatic carbocycles. The molecule has 0 spiro atoms. The quantitative estimate of drug-likeness (QED) is 0.651. The molecule has 0 saturated carbocycles. The zero-order valence-electron chi connectivity index (χ0n) is 12.9. The molecule has 6 heteroatoms. The molecule has 0 saturated heterocycles. The van der Waals surface area contributed by atoms with Gasteiger partial charge in [-0.15, -0.1) is 0 Å². The maximum atomic E-state index is 13.1. The number of halogens is 2. The fourth-order valence-corrected chi connectivity index (χ4v) is 2.63. The number of nitrogens with zero attached hydrogens (tertiary/aromatic N) is 2. The van der Waals surface area contributed by atoms with E-state index in [1.54, 1.807) is 36.2 Å². The number of ether oxygens (including phenoxy) is 1. The molecule has 0 N–H and O–H groups in total. The molecule has 1 heterocycles. The van der Waals surface area contributed by atoms with Crippen molar-refractivity contribution in [3.63, 3.8) is 0 Å².